The van der Waals surface area contributed by atoms with Gasteiger partial charge in [0.25, 0.3) is 0 Å². The normalized spacial score (nSPS) is 18.4. The number of carbonyl (C=O) groups excluding carboxylic acids is 1. The zero-order valence-corrected chi connectivity index (χ0v) is 13.6. The number of piperidine rings is 1. The number of hydrogen-bond acceptors (Lipinski definition) is 5. The third-order valence-corrected chi connectivity index (χ3v) is 4.98. The maximum Gasteiger partial charge on any atom is 0.228 e. The fraction of sp³-hybridized carbons (Fsp3) is 0.500. The number of amides is 1. The summed E-state index contributed by atoms with van der Waals surface area (Å²) in [6, 6.07) is 1.78. The summed E-state index contributed by atoms with van der Waals surface area (Å²) in [7, 11) is 0. The quantitative estimate of drug-likeness (QED) is 0.870. The first-order valence-corrected chi connectivity index (χ1v) is 8.63. The summed E-state index contributed by atoms with van der Waals surface area (Å²) in [5.41, 5.74) is 0.816. The van der Waals surface area contributed by atoms with Crippen molar-refractivity contribution in [2.75, 3.05) is 13.1 Å². The zero-order chi connectivity index (χ0) is 15.4. The van der Waals surface area contributed by atoms with Crippen LogP contribution in [0.1, 0.15) is 31.9 Å². The Labute approximate surface area is 134 Å². The molecule has 1 fully saturated rings. The average Bonchev–Trinajstić information content (AvgIpc) is 3.04. The molecule has 0 radical (unpaired) electrons. The summed E-state index contributed by atoms with van der Waals surface area (Å²) >= 11 is 1.49. The molecule has 1 saturated heterocycles. The minimum Gasteiger partial charge on any atom is -0.342 e. The van der Waals surface area contributed by atoms with Crippen LogP contribution in [0.4, 0.5) is 0 Å². The smallest absolute Gasteiger partial charge is 0.228 e. The van der Waals surface area contributed by atoms with Gasteiger partial charge in [-0.2, -0.15) is 0 Å². The molecule has 1 aliphatic rings. The Bertz CT molecular complexity index is 628. The molecule has 0 saturated carbocycles. The van der Waals surface area contributed by atoms with Crippen molar-refractivity contribution in [3.63, 3.8) is 0 Å². The van der Waals surface area contributed by atoms with Gasteiger partial charge in [0, 0.05) is 30.9 Å². The predicted octanol–water partition coefficient (Wildman–Crippen LogP) is 2.79. The lowest BCUT2D eigenvalue weighted by Gasteiger charge is -2.32. The van der Waals surface area contributed by atoms with Crippen molar-refractivity contribution in [1.82, 2.24) is 19.9 Å². The predicted molar refractivity (Wildman–Crippen MR) is 86.4 cm³/mol. The molecule has 6 heteroatoms. The summed E-state index contributed by atoms with van der Waals surface area (Å²) in [5.74, 6) is 1.46. The van der Waals surface area contributed by atoms with Gasteiger partial charge in [-0.1, -0.05) is 13.3 Å². The fourth-order valence-corrected chi connectivity index (χ4v) is 3.56. The molecule has 2 aromatic rings. The van der Waals surface area contributed by atoms with Gasteiger partial charge < -0.3 is 4.90 Å². The molecule has 1 atom stereocenters. The highest BCUT2D eigenvalue weighted by Crippen LogP contribution is 2.22. The first-order valence-electron chi connectivity index (χ1n) is 7.76. The second-order valence-corrected chi connectivity index (χ2v) is 6.51. The van der Waals surface area contributed by atoms with Gasteiger partial charge in [-0.05, 0) is 24.8 Å². The molecule has 0 spiro atoms. The molecular weight excluding hydrogens is 296 g/mol. The van der Waals surface area contributed by atoms with Crippen molar-refractivity contribution in [3.8, 4) is 10.8 Å². The molecule has 0 aromatic carbocycles. The summed E-state index contributed by atoms with van der Waals surface area (Å²) in [4.78, 5) is 27.3. The highest BCUT2D eigenvalue weighted by atomic mass is 32.1. The number of rotatable bonds is 4. The number of hydrogen-bond donors (Lipinski definition) is 0. The molecule has 0 aliphatic carbocycles. The molecule has 5 nitrogen and oxygen atoms in total. The van der Waals surface area contributed by atoms with Crippen LogP contribution < -0.4 is 0 Å². The van der Waals surface area contributed by atoms with Crippen molar-refractivity contribution in [2.24, 2.45) is 5.92 Å². The number of likely N-dealkylation sites (tertiary alicyclic amines) is 1. The highest BCUT2D eigenvalue weighted by molar-refractivity contribution is 7.13. The van der Waals surface area contributed by atoms with E-state index in [4.69, 9.17) is 0 Å². The first kappa shape index (κ1) is 15.1. The molecule has 0 bridgehead atoms. The molecule has 0 unspecified atom stereocenters. The van der Waals surface area contributed by atoms with Crippen LogP contribution in [-0.4, -0.2) is 38.8 Å². The highest BCUT2D eigenvalue weighted by Gasteiger charge is 2.23. The fourth-order valence-electron chi connectivity index (χ4n) is 2.79. The summed E-state index contributed by atoms with van der Waals surface area (Å²) < 4.78 is 0. The molecule has 22 heavy (non-hydrogen) atoms. The van der Waals surface area contributed by atoms with Crippen molar-refractivity contribution in [1.29, 1.82) is 0 Å². The van der Waals surface area contributed by atoms with Crippen LogP contribution in [-0.2, 0) is 11.2 Å². The van der Waals surface area contributed by atoms with Crippen LogP contribution in [0.2, 0.25) is 0 Å². The van der Waals surface area contributed by atoms with Gasteiger partial charge in [0.15, 0.2) is 10.8 Å². The van der Waals surface area contributed by atoms with Gasteiger partial charge >= 0.3 is 0 Å². The minimum atomic E-state index is 0.184. The molecular formula is C16H20N4OS. The lowest BCUT2D eigenvalue weighted by Crippen LogP contribution is -2.40. The molecule has 116 valence electrons. The van der Waals surface area contributed by atoms with E-state index in [1.165, 1.54) is 17.8 Å². The first-order chi connectivity index (χ1) is 10.8. The van der Waals surface area contributed by atoms with E-state index in [-0.39, 0.29) is 5.91 Å². The standard InChI is InChI=1S/C16H20N4OS/c1-2-12-5-3-8-20(10-12)14(21)9-13-11-22-16(19-13)15-17-6-4-7-18-15/h4,6-7,11-12H,2-3,5,8-10H2,1H3/t12-/m1/s1. The van der Waals surface area contributed by atoms with E-state index in [9.17, 15) is 4.79 Å². The third-order valence-electron chi connectivity index (χ3n) is 4.09. The van der Waals surface area contributed by atoms with Crippen LogP contribution in [0.25, 0.3) is 10.8 Å². The Hall–Kier alpha value is -1.82. The van der Waals surface area contributed by atoms with Crippen molar-refractivity contribution < 1.29 is 4.79 Å². The van der Waals surface area contributed by atoms with Gasteiger partial charge in [-0.25, -0.2) is 15.0 Å². The van der Waals surface area contributed by atoms with E-state index in [1.807, 2.05) is 10.3 Å². The lowest BCUT2D eigenvalue weighted by atomic mass is 9.95. The number of nitrogens with zero attached hydrogens (tertiary/aromatic N) is 4. The Kier molecular flexibility index (Phi) is 4.77. The van der Waals surface area contributed by atoms with E-state index in [0.29, 0.717) is 18.2 Å². The SMILES string of the molecule is CC[C@@H]1CCCN(C(=O)Cc2csc(-c3ncccn3)n2)C1. The van der Waals surface area contributed by atoms with Crippen molar-refractivity contribution in [2.45, 2.75) is 32.6 Å². The van der Waals surface area contributed by atoms with Crippen LogP contribution >= 0.6 is 11.3 Å². The van der Waals surface area contributed by atoms with Crippen molar-refractivity contribution >= 4 is 17.2 Å². The van der Waals surface area contributed by atoms with E-state index in [2.05, 4.69) is 21.9 Å². The molecule has 1 amide bonds. The summed E-state index contributed by atoms with van der Waals surface area (Å²) in [6.07, 6.45) is 7.28. The number of aromatic nitrogens is 3. The number of thiazole rings is 1. The van der Waals surface area contributed by atoms with Gasteiger partial charge in [-0.15, -0.1) is 11.3 Å². The van der Waals surface area contributed by atoms with Gasteiger partial charge in [0.05, 0.1) is 12.1 Å². The topological polar surface area (TPSA) is 59.0 Å². The van der Waals surface area contributed by atoms with E-state index in [0.717, 1.165) is 36.6 Å². The molecule has 3 rings (SSSR count). The summed E-state index contributed by atoms with van der Waals surface area (Å²) in [6.45, 7) is 3.98. The van der Waals surface area contributed by atoms with Gasteiger partial charge in [0.2, 0.25) is 5.91 Å². The maximum atomic E-state index is 12.4. The van der Waals surface area contributed by atoms with Crippen LogP contribution in [0.15, 0.2) is 23.8 Å². The van der Waals surface area contributed by atoms with E-state index >= 15 is 0 Å². The third kappa shape index (κ3) is 3.50. The van der Waals surface area contributed by atoms with E-state index < -0.39 is 0 Å². The Morgan fingerprint density at radius 3 is 3.00 bits per heavy atom. The van der Waals surface area contributed by atoms with Crippen LogP contribution in [0.3, 0.4) is 0 Å². The second-order valence-electron chi connectivity index (χ2n) is 5.65. The molecule has 3 heterocycles. The second kappa shape index (κ2) is 6.96. The zero-order valence-electron chi connectivity index (χ0n) is 12.7. The van der Waals surface area contributed by atoms with Crippen LogP contribution in [0.5, 0.6) is 0 Å². The Balaban J connectivity index is 1.64. The summed E-state index contributed by atoms with van der Waals surface area (Å²) in [5, 5.41) is 2.71. The van der Waals surface area contributed by atoms with Crippen LogP contribution in [0, 0.1) is 5.92 Å². The van der Waals surface area contributed by atoms with Gasteiger partial charge in [-0.3, -0.25) is 4.79 Å². The lowest BCUT2D eigenvalue weighted by molar-refractivity contribution is -0.132. The molecule has 2 aromatic heterocycles. The minimum absolute atomic E-state index is 0.184. The monoisotopic (exact) mass is 316 g/mol. The van der Waals surface area contributed by atoms with E-state index in [1.54, 1.807) is 18.5 Å². The van der Waals surface area contributed by atoms with Crippen molar-refractivity contribution in [3.05, 3.63) is 29.5 Å². The Morgan fingerprint density at radius 2 is 2.23 bits per heavy atom. The molecule has 1 aliphatic heterocycles. The Morgan fingerprint density at radius 1 is 1.41 bits per heavy atom. The number of carbonyl (C=O) groups is 1. The molecule has 0 N–H and O–H groups in total. The maximum absolute atomic E-state index is 12.4. The largest absolute Gasteiger partial charge is 0.342 e. The average molecular weight is 316 g/mol. The van der Waals surface area contributed by atoms with Gasteiger partial charge in [0.1, 0.15) is 0 Å².